The highest BCUT2D eigenvalue weighted by Gasteiger charge is 2.15. The van der Waals surface area contributed by atoms with Gasteiger partial charge in [0.15, 0.2) is 0 Å². The van der Waals surface area contributed by atoms with Gasteiger partial charge in [0, 0.05) is 11.4 Å². The van der Waals surface area contributed by atoms with E-state index < -0.39 is 0 Å². The van der Waals surface area contributed by atoms with Crippen molar-refractivity contribution in [1.29, 1.82) is 0 Å². The number of aryl methyl sites for hydroxylation is 1. The van der Waals surface area contributed by atoms with Crippen LogP contribution in [0.25, 0.3) is 0 Å². The highest BCUT2D eigenvalue weighted by atomic mass is 32.1. The molecule has 8 nitrogen and oxygen atoms in total. The van der Waals surface area contributed by atoms with Crippen LogP contribution < -0.4 is 15.4 Å². The molecular formula is C21H23N5O3S. The second kappa shape index (κ2) is 9.95. The number of aromatic nitrogens is 2. The van der Waals surface area contributed by atoms with E-state index in [0.717, 1.165) is 11.3 Å². The lowest BCUT2D eigenvalue weighted by molar-refractivity contribution is -0.117. The van der Waals surface area contributed by atoms with Gasteiger partial charge in [-0.3, -0.25) is 14.5 Å². The average Bonchev–Trinajstić information content (AvgIpc) is 3.18. The molecule has 0 aliphatic carbocycles. The summed E-state index contributed by atoms with van der Waals surface area (Å²) in [5.74, 6) is 0.257. The maximum Gasteiger partial charge on any atom is 0.286 e. The van der Waals surface area contributed by atoms with Crippen LogP contribution in [-0.4, -0.2) is 47.6 Å². The zero-order valence-electron chi connectivity index (χ0n) is 17.0. The summed E-state index contributed by atoms with van der Waals surface area (Å²) in [5, 5.41) is 14.6. The van der Waals surface area contributed by atoms with Gasteiger partial charge in [0.1, 0.15) is 10.8 Å². The number of nitrogens with zero attached hydrogens (tertiary/aromatic N) is 3. The van der Waals surface area contributed by atoms with Gasteiger partial charge < -0.3 is 15.4 Å². The first-order valence-corrected chi connectivity index (χ1v) is 10.1. The fourth-order valence-corrected chi connectivity index (χ4v) is 3.45. The maximum absolute atomic E-state index is 12.4. The molecule has 9 heteroatoms. The van der Waals surface area contributed by atoms with Crippen LogP contribution in [0.4, 0.5) is 11.4 Å². The van der Waals surface area contributed by atoms with Crippen molar-refractivity contribution in [2.45, 2.75) is 13.5 Å². The van der Waals surface area contributed by atoms with Gasteiger partial charge in [-0.2, -0.15) is 0 Å². The maximum atomic E-state index is 12.4. The monoisotopic (exact) mass is 425 g/mol. The number of anilines is 2. The van der Waals surface area contributed by atoms with E-state index in [1.54, 1.807) is 31.4 Å². The molecule has 0 fully saturated rings. The van der Waals surface area contributed by atoms with E-state index in [-0.39, 0.29) is 23.4 Å². The number of methoxy groups -OCH3 is 1. The Hall–Kier alpha value is -3.30. The van der Waals surface area contributed by atoms with Crippen molar-refractivity contribution in [2.24, 2.45) is 0 Å². The minimum atomic E-state index is -0.330. The van der Waals surface area contributed by atoms with E-state index in [0.29, 0.717) is 23.0 Å². The lowest BCUT2D eigenvalue weighted by Gasteiger charge is -2.14. The molecule has 1 heterocycles. The summed E-state index contributed by atoms with van der Waals surface area (Å²) >= 11 is 1.20. The minimum Gasteiger partial charge on any atom is -0.497 e. The van der Waals surface area contributed by atoms with Crippen LogP contribution in [0.15, 0.2) is 48.5 Å². The van der Waals surface area contributed by atoms with E-state index in [1.807, 2.05) is 43.1 Å². The molecule has 0 radical (unpaired) electrons. The summed E-state index contributed by atoms with van der Waals surface area (Å²) in [4.78, 5) is 26.4. The molecule has 0 spiro atoms. The summed E-state index contributed by atoms with van der Waals surface area (Å²) in [6, 6.07) is 14.6. The van der Waals surface area contributed by atoms with Crippen molar-refractivity contribution in [2.75, 3.05) is 31.3 Å². The number of carbonyl (C=O) groups excluding carboxylic acids is 2. The predicted molar refractivity (Wildman–Crippen MR) is 117 cm³/mol. The first kappa shape index (κ1) is 21.4. The van der Waals surface area contributed by atoms with Crippen molar-refractivity contribution < 1.29 is 14.3 Å². The van der Waals surface area contributed by atoms with Gasteiger partial charge in [-0.25, -0.2) is 0 Å². The third-order valence-electron chi connectivity index (χ3n) is 4.16. The van der Waals surface area contributed by atoms with E-state index in [2.05, 4.69) is 20.8 Å². The standard InChI is InChI=1S/C21H23N5O3S/c1-14-4-6-15(7-5-14)22-18(27)12-26(2)13-19-24-25-21(30-19)20(28)23-16-8-10-17(29-3)11-9-16/h4-11H,12-13H2,1-3H3,(H,22,27)(H,23,28). The molecule has 0 aliphatic rings. The number of hydrogen-bond donors (Lipinski definition) is 2. The smallest absolute Gasteiger partial charge is 0.286 e. The summed E-state index contributed by atoms with van der Waals surface area (Å²) in [5.41, 5.74) is 2.53. The lowest BCUT2D eigenvalue weighted by Crippen LogP contribution is -2.29. The molecule has 156 valence electrons. The fraction of sp³-hybridized carbons (Fsp3) is 0.238. The topological polar surface area (TPSA) is 96.4 Å². The molecule has 0 bridgehead atoms. The number of hydrogen-bond acceptors (Lipinski definition) is 7. The Morgan fingerprint density at radius 3 is 2.30 bits per heavy atom. The second-order valence-electron chi connectivity index (χ2n) is 6.77. The van der Waals surface area contributed by atoms with Gasteiger partial charge in [-0.15, -0.1) is 10.2 Å². The predicted octanol–water partition coefficient (Wildman–Crippen LogP) is 3.18. The Balaban J connectivity index is 1.50. The number of benzene rings is 2. The zero-order valence-corrected chi connectivity index (χ0v) is 17.8. The third-order valence-corrected chi connectivity index (χ3v) is 5.07. The Labute approximate surface area is 178 Å². The number of ether oxygens (including phenoxy) is 1. The van der Waals surface area contributed by atoms with Crippen LogP contribution in [0, 0.1) is 6.92 Å². The first-order chi connectivity index (χ1) is 14.4. The molecule has 0 atom stereocenters. The molecule has 2 N–H and O–H groups in total. The van der Waals surface area contributed by atoms with Crippen LogP contribution in [0.1, 0.15) is 20.4 Å². The number of nitrogens with one attached hydrogen (secondary N) is 2. The molecule has 1 aromatic heterocycles. The molecule has 30 heavy (non-hydrogen) atoms. The average molecular weight is 426 g/mol. The number of carbonyl (C=O) groups is 2. The third kappa shape index (κ3) is 6.10. The zero-order chi connectivity index (χ0) is 21.5. The van der Waals surface area contributed by atoms with E-state index in [4.69, 9.17) is 4.74 Å². The van der Waals surface area contributed by atoms with Crippen LogP contribution in [0.5, 0.6) is 5.75 Å². The van der Waals surface area contributed by atoms with Crippen molar-refractivity contribution in [1.82, 2.24) is 15.1 Å². The van der Waals surface area contributed by atoms with Crippen molar-refractivity contribution in [3.05, 3.63) is 64.1 Å². The summed E-state index contributed by atoms with van der Waals surface area (Å²) in [6.07, 6.45) is 0. The van der Waals surface area contributed by atoms with E-state index in [1.165, 1.54) is 11.3 Å². The Bertz CT molecular complexity index is 1000. The molecular weight excluding hydrogens is 402 g/mol. The second-order valence-corrected chi connectivity index (χ2v) is 7.83. The molecule has 2 aromatic carbocycles. The highest BCUT2D eigenvalue weighted by molar-refractivity contribution is 7.13. The normalized spacial score (nSPS) is 10.7. The fourth-order valence-electron chi connectivity index (χ4n) is 2.64. The lowest BCUT2D eigenvalue weighted by atomic mass is 10.2. The van der Waals surface area contributed by atoms with Crippen LogP contribution in [0.3, 0.4) is 0 Å². The van der Waals surface area contributed by atoms with Gasteiger partial charge >= 0.3 is 0 Å². The number of likely N-dealkylation sites (N-methyl/N-ethyl adjacent to an activating group) is 1. The Morgan fingerprint density at radius 2 is 1.63 bits per heavy atom. The molecule has 3 aromatic rings. The minimum absolute atomic E-state index is 0.122. The van der Waals surface area contributed by atoms with Gasteiger partial charge in [0.2, 0.25) is 10.9 Å². The van der Waals surface area contributed by atoms with Gasteiger partial charge in [-0.1, -0.05) is 29.0 Å². The number of rotatable bonds is 8. The van der Waals surface area contributed by atoms with Gasteiger partial charge in [0.05, 0.1) is 20.2 Å². The van der Waals surface area contributed by atoms with Crippen LogP contribution >= 0.6 is 11.3 Å². The highest BCUT2D eigenvalue weighted by Crippen LogP contribution is 2.18. The van der Waals surface area contributed by atoms with Crippen LogP contribution in [-0.2, 0) is 11.3 Å². The molecule has 2 amide bonds. The number of amides is 2. The quantitative estimate of drug-likeness (QED) is 0.575. The summed E-state index contributed by atoms with van der Waals surface area (Å²) in [6.45, 7) is 2.60. The Kier molecular flexibility index (Phi) is 7.10. The Morgan fingerprint density at radius 1 is 1.00 bits per heavy atom. The molecule has 0 unspecified atom stereocenters. The van der Waals surface area contributed by atoms with E-state index >= 15 is 0 Å². The summed E-state index contributed by atoms with van der Waals surface area (Å²) < 4.78 is 5.10. The largest absolute Gasteiger partial charge is 0.497 e. The molecule has 0 aliphatic heterocycles. The first-order valence-electron chi connectivity index (χ1n) is 9.26. The van der Waals surface area contributed by atoms with Crippen molar-refractivity contribution in [3.63, 3.8) is 0 Å². The SMILES string of the molecule is COc1ccc(NC(=O)c2nnc(CN(C)CC(=O)Nc3ccc(C)cc3)s2)cc1. The van der Waals surface area contributed by atoms with Crippen molar-refractivity contribution in [3.8, 4) is 5.75 Å². The van der Waals surface area contributed by atoms with Crippen molar-refractivity contribution >= 4 is 34.5 Å². The molecule has 3 rings (SSSR count). The summed E-state index contributed by atoms with van der Waals surface area (Å²) in [7, 11) is 3.40. The van der Waals surface area contributed by atoms with Gasteiger partial charge in [-0.05, 0) is 50.4 Å². The molecule has 0 saturated heterocycles. The van der Waals surface area contributed by atoms with E-state index in [9.17, 15) is 9.59 Å². The van der Waals surface area contributed by atoms with Gasteiger partial charge in [0.25, 0.3) is 5.91 Å². The molecule has 0 saturated carbocycles. The van der Waals surface area contributed by atoms with Crippen LogP contribution in [0.2, 0.25) is 0 Å².